The summed E-state index contributed by atoms with van der Waals surface area (Å²) in [6.07, 6.45) is 0.112. The van der Waals surface area contributed by atoms with E-state index in [9.17, 15) is 9.59 Å². The predicted molar refractivity (Wildman–Crippen MR) is 78.9 cm³/mol. The van der Waals surface area contributed by atoms with E-state index in [0.29, 0.717) is 0 Å². The van der Waals surface area contributed by atoms with E-state index in [0.717, 1.165) is 16.3 Å². The molecule has 0 aliphatic rings. The Morgan fingerprint density at radius 1 is 1.15 bits per heavy atom. The van der Waals surface area contributed by atoms with Gasteiger partial charge in [-0.05, 0) is 23.3 Å². The highest BCUT2D eigenvalue weighted by Gasteiger charge is 2.42. The molecule has 1 atom stereocenters. The number of Topliss-reactive ketones (excluding diaryl/α,β-unsaturated/α-hetero) is 1. The van der Waals surface area contributed by atoms with Crippen LogP contribution in [0.2, 0.25) is 0 Å². The number of benzene rings is 2. The number of methoxy groups -OCH3 is 1. The Balaban J connectivity index is 2.38. The molecule has 0 aliphatic carbocycles. The maximum atomic E-state index is 11.8. The molecule has 2 rings (SSSR count). The smallest absolute Gasteiger partial charge is 0.334 e. The molecule has 0 amide bonds. The van der Waals surface area contributed by atoms with Crippen molar-refractivity contribution in [2.75, 3.05) is 7.11 Å². The van der Waals surface area contributed by atoms with Gasteiger partial charge in [-0.1, -0.05) is 54.1 Å². The lowest BCUT2D eigenvalue weighted by Crippen LogP contribution is -2.42. The Morgan fingerprint density at radius 2 is 1.80 bits per heavy atom. The molecule has 0 bridgehead atoms. The maximum Gasteiger partial charge on any atom is 0.334 e. The Morgan fingerprint density at radius 3 is 2.40 bits per heavy atom. The Bertz CT molecular complexity index is 666. The zero-order valence-corrected chi connectivity index (χ0v) is 12.1. The molecule has 0 unspecified atom stereocenters. The third-order valence-corrected chi connectivity index (χ3v) is 3.88. The molecule has 2 aromatic rings. The lowest BCUT2D eigenvalue weighted by molar-refractivity contribution is -0.147. The average Bonchev–Trinajstić information content (AvgIpc) is 2.45. The summed E-state index contributed by atoms with van der Waals surface area (Å²) in [6.45, 7) is 1.30. The minimum absolute atomic E-state index is 0.112. The summed E-state index contributed by atoms with van der Waals surface area (Å²) < 4.78 is 4.64. The van der Waals surface area contributed by atoms with Gasteiger partial charge in [0.2, 0.25) is 4.87 Å². The summed E-state index contributed by atoms with van der Waals surface area (Å²) in [4.78, 5) is 21.8. The SMILES string of the molecule is COC(=O)[C@](Cl)(Cc1ccc2ccccc2c1)C(C)=O. The van der Waals surface area contributed by atoms with Crippen LogP contribution in [0.1, 0.15) is 12.5 Å². The summed E-state index contributed by atoms with van der Waals surface area (Å²) in [6, 6.07) is 13.6. The highest BCUT2D eigenvalue weighted by atomic mass is 35.5. The van der Waals surface area contributed by atoms with Crippen LogP contribution in [-0.4, -0.2) is 23.7 Å². The first-order valence-corrected chi connectivity index (χ1v) is 6.61. The Labute approximate surface area is 122 Å². The molecule has 0 aromatic heterocycles. The first-order valence-electron chi connectivity index (χ1n) is 6.23. The molecule has 3 nitrogen and oxygen atoms in total. The molecule has 0 fully saturated rings. The van der Waals surface area contributed by atoms with E-state index in [4.69, 9.17) is 11.6 Å². The van der Waals surface area contributed by atoms with Crippen molar-refractivity contribution < 1.29 is 14.3 Å². The number of carbonyl (C=O) groups is 2. The van der Waals surface area contributed by atoms with Crippen molar-refractivity contribution in [2.45, 2.75) is 18.2 Å². The van der Waals surface area contributed by atoms with Crippen molar-refractivity contribution in [3.05, 3.63) is 48.0 Å². The molecule has 0 saturated heterocycles. The van der Waals surface area contributed by atoms with Gasteiger partial charge in [-0.2, -0.15) is 0 Å². The molecule has 0 radical (unpaired) electrons. The molecular weight excluding hydrogens is 276 g/mol. The molecule has 4 heteroatoms. The topological polar surface area (TPSA) is 43.4 Å². The van der Waals surface area contributed by atoms with Gasteiger partial charge in [-0.15, -0.1) is 0 Å². The highest BCUT2D eigenvalue weighted by molar-refractivity contribution is 6.45. The minimum Gasteiger partial charge on any atom is -0.467 e. The van der Waals surface area contributed by atoms with Gasteiger partial charge >= 0.3 is 5.97 Å². The maximum absolute atomic E-state index is 11.8. The standard InChI is InChI=1S/C16H15ClO3/c1-11(18)16(17,15(19)20-2)10-12-7-8-13-5-3-4-6-14(13)9-12/h3-9H,10H2,1-2H3/t16-/m0/s1. The number of hydrogen-bond acceptors (Lipinski definition) is 3. The van der Waals surface area contributed by atoms with Gasteiger partial charge in [0, 0.05) is 6.42 Å². The normalized spacial score (nSPS) is 13.8. The molecule has 0 N–H and O–H groups in total. The van der Waals surface area contributed by atoms with Gasteiger partial charge in [0.1, 0.15) is 0 Å². The third-order valence-electron chi connectivity index (χ3n) is 3.33. The second kappa shape index (κ2) is 5.63. The minimum atomic E-state index is -1.66. The van der Waals surface area contributed by atoms with Gasteiger partial charge in [-0.3, -0.25) is 4.79 Å². The van der Waals surface area contributed by atoms with E-state index >= 15 is 0 Å². The van der Waals surface area contributed by atoms with Crippen LogP contribution in [0.4, 0.5) is 0 Å². The number of fused-ring (bicyclic) bond motifs is 1. The Hall–Kier alpha value is -1.87. The van der Waals surface area contributed by atoms with Crippen molar-refractivity contribution in [3.63, 3.8) is 0 Å². The van der Waals surface area contributed by atoms with E-state index in [1.54, 1.807) is 0 Å². The van der Waals surface area contributed by atoms with Crippen LogP contribution >= 0.6 is 11.6 Å². The van der Waals surface area contributed by atoms with Crippen LogP contribution in [0.15, 0.2) is 42.5 Å². The van der Waals surface area contributed by atoms with Gasteiger partial charge in [-0.25, -0.2) is 4.79 Å². The fraction of sp³-hybridized carbons (Fsp3) is 0.250. The first-order chi connectivity index (χ1) is 9.47. The van der Waals surface area contributed by atoms with E-state index in [1.807, 2.05) is 42.5 Å². The average molecular weight is 291 g/mol. The summed E-state index contributed by atoms with van der Waals surface area (Å²) in [5.74, 6) is -1.14. The second-order valence-corrected chi connectivity index (χ2v) is 5.35. The number of ketones is 1. The second-order valence-electron chi connectivity index (χ2n) is 4.71. The van der Waals surface area contributed by atoms with Gasteiger partial charge < -0.3 is 4.74 Å². The first kappa shape index (κ1) is 14.5. The lowest BCUT2D eigenvalue weighted by atomic mass is 9.93. The molecule has 0 saturated carbocycles. The number of esters is 1. The van der Waals surface area contributed by atoms with Crippen LogP contribution in [0.3, 0.4) is 0 Å². The predicted octanol–water partition coefficient (Wildman–Crippen LogP) is 3.12. The van der Waals surface area contributed by atoms with Crippen LogP contribution in [0.25, 0.3) is 10.8 Å². The largest absolute Gasteiger partial charge is 0.467 e. The highest BCUT2D eigenvalue weighted by Crippen LogP contribution is 2.26. The van der Waals surface area contributed by atoms with Crippen molar-refractivity contribution in [1.29, 1.82) is 0 Å². The zero-order chi connectivity index (χ0) is 14.8. The summed E-state index contributed by atoms with van der Waals surface area (Å²) >= 11 is 6.19. The van der Waals surface area contributed by atoms with Crippen molar-refractivity contribution in [2.24, 2.45) is 0 Å². The Kier molecular flexibility index (Phi) is 4.09. The van der Waals surface area contributed by atoms with E-state index in [-0.39, 0.29) is 6.42 Å². The number of hydrogen-bond donors (Lipinski definition) is 0. The van der Waals surface area contributed by atoms with Gasteiger partial charge in [0.05, 0.1) is 7.11 Å². The number of carbonyl (C=O) groups excluding carboxylic acids is 2. The van der Waals surface area contributed by atoms with Gasteiger partial charge in [0.25, 0.3) is 0 Å². The molecule has 104 valence electrons. The van der Waals surface area contributed by atoms with Crippen molar-refractivity contribution >= 4 is 34.1 Å². The fourth-order valence-electron chi connectivity index (χ4n) is 2.13. The number of ether oxygens (including phenoxy) is 1. The van der Waals surface area contributed by atoms with Crippen LogP contribution in [0, 0.1) is 0 Å². The van der Waals surface area contributed by atoms with Crippen molar-refractivity contribution in [3.8, 4) is 0 Å². The van der Waals surface area contributed by atoms with Crippen LogP contribution < -0.4 is 0 Å². The third kappa shape index (κ3) is 2.68. The fourth-order valence-corrected chi connectivity index (χ4v) is 2.36. The molecule has 0 aliphatic heterocycles. The zero-order valence-electron chi connectivity index (χ0n) is 11.4. The van der Waals surface area contributed by atoms with Gasteiger partial charge in [0.15, 0.2) is 5.78 Å². The molecule has 0 heterocycles. The molecule has 0 spiro atoms. The van der Waals surface area contributed by atoms with E-state index in [2.05, 4.69) is 4.74 Å². The number of halogens is 1. The lowest BCUT2D eigenvalue weighted by Gasteiger charge is -2.21. The number of alkyl halides is 1. The summed E-state index contributed by atoms with van der Waals surface area (Å²) in [5, 5.41) is 2.13. The van der Waals surface area contributed by atoms with E-state index < -0.39 is 16.6 Å². The van der Waals surface area contributed by atoms with E-state index in [1.165, 1.54) is 14.0 Å². The number of rotatable bonds is 4. The summed E-state index contributed by atoms with van der Waals surface area (Å²) in [7, 11) is 1.22. The van der Waals surface area contributed by atoms with Crippen LogP contribution in [0.5, 0.6) is 0 Å². The monoisotopic (exact) mass is 290 g/mol. The van der Waals surface area contributed by atoms with Crippen LogP contribution in [-0.2, 0) is 20.7 Å². The molecule has 2 aromatic carbocycles. The summed E-state index contributed by atoms with van der Waals surface area (Å²) in [5.41, 5.74) is 0.819. The van der Waals surface area contributed by atoms with Crippen molar-refractivity contribution in [1.82, 2.24) is 0 Å². The molecule has 20 heavy (non-hydrogen) atoms. The molecular formula is C16H15ClO3. The quantitative estimate of drug-likeness (QED) is 0.494.